The Balaban J connectivity index is 2.20. The number of sulfonamides is 1. The molecule has 0 bridgehead atoms. The molecule has 0 aliphatic heterocycles. The molecule has 1 N–H and O–H groups in total. The van der Waals surface area contributed by atoms with E-state index in [1.165, 1.54) is 13.3 Å². The van der Waals surface area contributed by atoms with Crippen LogP contribution in [-0.2, 0) is 16.6 Å². The Labute approximate surface area is 170 Å². The van der Waals surface area contributed by atoms with Gasteiger partial charge in [-0.05, 0) is 45.8 Å². The van der Waals surface area contributed by atoms with E-state index in [0.717, 1.165) is 11.8 Å². The zero-order valence-corrected chi connectivity index (χ0v) is 17.7. The minimum absolute atomic E-state index is 0.216. The van der Waals surface area contributed by atoms with E-state index in [1.54, 1.807) is 30.3 Å². The molecule has 6 nitrogen and oxygen atoms in total. The smallest absolute Gasteiger partial charge is 0.244 e. The molecule has 0 amide bonds. The lowest BCUT2D eigenvalue weighted by molar-refractivity contribution is 0.282. The number of methoxy groups -OCH3 is 1. The first kappa shape index (κ1) is 20.8. The fourth-order valence-electron chi connectivity index (χ4n) is 1.94. The van der Waals surface area contributed by atoms with Gasteiger partial charge in [0.1, 0.15) is 6.61 Å². The number of ether oxygens (including phenoxy) is 2. The van der Waals surface area contributed by atoms with Crippen LogP contribution < -0.4 is 14.3 Å². The lowest BCUT2D eigenvalue weighted by atomic mass is 10.2. The van der Waals surface area contributed by atoms with Gasteiger partial charge in [-0.25, -0.2) is 13.2 Å². The molecule has 0 heterocycles. The molecule has 2 rings (SSSR count). The van der Waals surface area contributed by atoms with Crippen LogP contribution in [0.15, 0.2) is 39.9 Å². The predicted octanol–water partition coefficient (Wildman–Crippen LogP) is 4.23. The zero-order valence-electron chi connectivity index (χ0n) is 13.8. The van der Waals surface area contributed by atoms with E-state index in [0.29, 0.717) is 31.6 Å². The van der Waals surface area contributed by atoms with E-state index >= 15 is 0 Å². The zero-order chi connectivity index (χ0) is 19.3. The summed E-state index contributed by atoms with van der Waals surface area (Å²) in [6.07, 6.45) is 2.37. The third kappa shape index (κ3) is 6.05. The van der Waals surface area contributed by atoms with Gasteiger partial charge in [-0.15, -0.1) is 0 Å². The Kier molecular flexibility index (Phi) is 7.16. The van der Waals surface area contributed by atoms with Crippen molar-refractivity contribution in [2.24, 2.45) is 5.10 Å². The second kappa shape index (κ2) is 8.94. The molecule has 0 radical (unpaired) electrons. The largest absolute Gasteiger partial charge is 0.493 e. The van der Waals surface area contributed by atoms with Crippen molar-refractivity contribution in [1.29, 1.82) is 0 Å². The molecule has 0 spiro atoms. The average Bonchev–Trinajstić information content (AvgIpc) is 2.53. The summed E-state index contributed by atoms with van der Waals surface area (Å²) in [5, 5.41) is 4.71. The van der Waals surface area contributed by atoms with Crippen LogP contribution in [0, 0.1) is 0 Å². The van der Waals surface area contributed by atoms with Gasteiger partial charge in [0.25, 0.3) is 0 Å². The second-order valence-electron chi connectivity index (χ2n) is 5.18. The van der Waals surface area contributed by atoms with E-state index in [1.807, 2.05) is 4.83 Å². The lowest BCUT2D eigenvalue weighted by Gasteiger charge is -2.14. The van der Waals surface area contributed by atoms with Crippen LogP contribution in [0.1, 0.15) is 11.1 Å². The summed E-state index contributed by atoms with van der Waals surface area (Å²) in [5.41, 5.74) is 1.38. The third-order valence-electron chi connectivity index (χ3n) is 3.07. The minimum atomic E-state index is -3.41. The van der Waals surface area contributed by atoms with Crippen molar-refractivity contribution in [3.8, 4) is 11.5 Å². The molecule has 2 aromatic carbocycles. The first-order valence-corrected chi connectivity index (χ1v) is 10.6. The minimum Gasteiger partial charge on any atom is -0.493 e. The van der Waals surface area contributed by atoms with E-state index in [-0.39, 0.29) is 6.61 Å². The normalized spacial score (nSPS) is 11.6. The fraction of sp³-hybridized carbons (Fsp3) is 0.188. The maximum atomic E-state index is 11.0. The van der Waals surface area contributed by atoms with Gasteiger partial charge < -0.3 is 9.47 Å². The van der Waals surface area contributed by atoms with Crippen molar-refractivity contribution in [1.82, 2.24) is 4.83 Å². The first-order valence-electron chi connectivity index (χ1n) is 7.13. The third-order valence-corrected chi connectivity index (χ3v) is 4.68. The van der Waals surface area contributed by atoms with Crippen LogP contribution in [0.4, 0.5) is 0 Å². The van der Waals surface area contributed by atoms with Gasteiger partial charge >= 0.3 is 0 Å². The SMILES string of the molecule is COc1cc(/C=N\NS(C)(=O)=O)cc(Br)c1OCc1ccc(Cl)cc1Cl. The second-order valence-corrected chi connectivity index (χ2v) is 8.61. The average molecular weight is 482 g/mol. The van der Waals surface area contributed by atoms with Gasteiger partial charge in [-0.3, -0.25) is 0 Å². The van der Waals surface area contributed by atoms with Crippen LogP contribution in [0.5, 0.6) is 11.5 Å². The number of nitrogens with zero attached hydrogens (tertiary/aromatic N) is 1. The molecule has 140 valence electrons. The molecular formula is C16H15BrCl2N2O4S. The Morgan fingerprint density at radius 2 is 2.00 bits per heavy atom. The highest BCUT2D eigenvalue weighted by Gasteiger charge is 2.12. The molecule has 2 aromatic rings. The van der Waals surface area contributed by atoms with E-state index < -0.39 is 10.0 Å². The maximum Gasteiger partial charge on any atom is 0.244 e. The molecule has 0 saturated carbocycles. The Morgan fingerprint density at radius 3 is 2.62 bits per heavy atom. The maximum absolute atomic E-state index is 11.0. The van der Waals surface area contributed by atoms with Crippen molar-refractivity contribution in [3.05, 3.63) is 56.0 Å². The van der Waals surface area contributed by atoms with Gasteiger partial charge in [0, 0.05) is 15.6 Å². The highest BCUT2D eigenvalue weighted by Crippen LogP contribution is 2.37. The standard InChI is InChI=1S/C16H15BrCl2N2O4S/c1-24-15-6-10(8-20-21-26(2,22)23)5-13(17)16(15)25-9-11-3-4-12(18)7-14(11)19/h3-8,21H,9H2,1-2H3/b20-8-. The molecular weight excluding hydrogens is 467 g/mol. The van der Waals surface area contributed by atoms with Crippen LogP contribution in [0.25, 0.3) is 0 Å². The molecule has 0 atom stereocenters. The van der Waals surface area contributed by atoms with Crippen molar-refractivity contribution >= 4 is 55.4 Å². The van der Waals surface area contributed by atoms with Crippen LogP contribution in [0.2, 0.25) is 10.0 Å². The lowest BCUT2D eigenvalue weighted by Crippen LogP contribution is -2.15. The summed E-state index contributed by atoms with van der Waals surface area (Å²) in [4.78, 5) is 2.03. The number of hydrogen-bond acceptors (Lipinski definition) is 5. The molecule has 0 saturated heterocycles. The van der Waals surface area contributed by atoms with Crippen molar-refractivity contribution in [2.45, 2.75) is 6.61 Å². The fourth-order valence-corrected chi connectivity index (χ4v) is 3.22. The molecule has 26 heavy (non-hydrogen) atoms. The molecule has 10 heteroatoms. The quantitative estimate of drug-likeness (QED) is 0.474. The predicted molar refractivity (Wildman–Crippen MR) is 107 cm³/mol. The summed E-state index contributed by atoms with van der Waals surface area (Å²) in [6.45, 7) is 0.216. The molecule has 0 unspecified atom stereocenters. The summed E-state index contributed by atoms with van der Waals surface area (Å²) < 4.78 is 33.9. The highest BCUT2D eigenvalue weighted by molar-refractivity contribution is 9.10. The number of hydrogen-bond donors (Lipinski definition) is 1. The number of benzene rings is 2. The Bertz CT molecular complexity index is 936. The summed E-state index contributed by atoms with van der Waals surface area (Å²) in [5.74, 6) is 0.928. The summed E-state index contributed by atoms with van der Waals surface area (Å²) in [7, 11) is -1.91. The Hall–Kier alpha value is -1.48. The molecule has 0 aliphatic rings. The number of hydrazone groups is 1. The van der Waals surface area contributed by atoms with Crippen molar-refractivity contribution in [2.75, 3.05) is 13.4 Å². The molecule has 0 aromatic heterocycles. The highest BCUT2D eigenvalue weighted by atomic mass is 79.9. The Morgan fingerprint density at radius 1 is 1.27 bits per heavy atom. The number of rotatable bonds is 7. The van der Waals surface area contributed by atoms with E-state index in [9.17, 15) is 8.42 Å². The molecule has 0 aliphatic carbocycles. The van der Waals surface area contributed by atoms with Crippen LogP contribution in [-0.4, -0.2) is 28.0 Å². The van der Waals surface area contributed by atoms with Gasteiger partial charge in [-0.2, -0.15) is 5.10 Å². The first-order chi connectivity index (χ1) is 12.2. The topological polar surface area (TPSA) is 77.0 Å². The van der Waals surface area contributed by atoms with Gasteiger partial charge in [0.15, 0.2) is 11.5 Å². The molecule has 0 fully saturated rings. The van der Waals surface area contributed by atoms with Crippen molar-refractivity contribution in [3.63, 3.8) is 0 Å². The monoisotopic (exact) mass is 480 g/mol. The van der Waals surface area contributed by atoms with Gasteiger partial charge in [-0.1, -0.05) is 29.3 Å². The number of nitrogens with one attached hydrogen (secondary N) is 1. The summed E-state index contributed by atoms with van der Waals surface area (Å²) in [6, 6.07) is 8.53. The van der Waals surface area contributed by atoms with E-state index in [4.69, 9.17) is 32.7 Å². The van der Waals surface area contributed by atoms with Gasteiger partial charge in [0.05, 0.1) is 24.1 Å². The van der Waals surface area contributed by atoms with Crippen LogP contribution >= 0.6 is 39.1 Å². The summed E-state index contributed by atoms with van der Waals surface area (Å²) >= 11 is 15.4. The van der Waals surface area contributed by atoms with Crippen molar-refractivity contribution < 1.29 is 17.9 Å². The van der Waals surface area contributed by atoms with E-state index in [2.05, 4.69) is 21.0 Å². The van der Waals surface area contributed by atoms with Crippen LogP contribution in [0.3, 0.4) is 0 Å². The number of halogens is 3. The van der Waals surface area contributed by atoms with Gasteiger partial charge in [0.2, 0.25) is 10.0 Å².